The van der Waals surface area contributed by atoms with Gasteiger partial charge in [0.25, 0.3) is 5.91 Å². The first-order chi connectivity index (χ1) is 12.7. The maximum atomic E-state index is 12.9. The zero-order valence-electron chi connectivity index (χ0n) is 14.9. The van der Waals surface area contributed by atoms with Gasteiger partial charge in [-0.05, 0) is 55.7 Å². The lowest BCUT2D eigenvalue weighted by atomic mass is 10.1. The van der Waals surface area contributed by atoms with Crippen LogP contribution >= 0.6 is 23.2 Å². The van der Waals surface area contributed by atoms with Crippen molar-refractivity contribution < 1.29 is 13.2 Å². The van der Waals surface area contributed by atoms with E-state index < -0.39 is 10.0 Å². The van der Waals surface area contributed by atoms with Crippen LogP contribution in [0.4, 0.5) is 0 Å². The molecular formula is C19H20Cl2N2O3S. The van der Waals surface area contributed by atoms with Gasteiger partial charge in [-0.2, -0.15) is 0 Å². The summed E-state index contributed by atoms with van der Waals surface area (Å²) in [6.45, 7) is 1.85. The monoisotopic (exact) mass is 426 g/mol. The smallest absolute Gasteiger partial charge is 0.254 e. The van der Waals surface area contributed by atoms with Crippen LogP contribution in [0.25, 0.3) is 0 Å². The topological polar surface area (TPSA) is 66.5 Å². The largest absolute Gasteiger partial charge is 0.335 e. The SMILES string of the molecule is CC(c1ccc(Cl)cc1Cl)N(C)C(=O)c1cccc(S(=O)(=O)NC2CC2)c1. The van der Waals surface area contributed by atoms with Crippen molar-refractivity contribution in [2.24, 2.45) is 0 Å². The number of halogens is 2. The van der Waals surface area contributed by atoms with Crippen LogP contribution in [0.2, 0.25) is 10.0 Å². The fourth-order valence-corrected chi connectivity index (χ4v) is 4.63. The van der Waals surface area contributed by atoms with Crippen LogP contribution in [0.1, 0.15) is 41.7 Å². The number of nitrogens with one attached hydrogen (secondary N) is 1. The normalized spacial score (nSPS) is 15.4. The molecule has 1 N–H and O–H groups in total. The number of carbonyl (C=O) groups is 1. The van der Waals surface area contributed by atoms with Gasteiger partial charge in [0.05, 0.1) is 10.9 Å². The lowest BCUT2D eigenvalue weighted by Gasteiger charge is -2.26. The molecule has 5 nitrogen and oxygen atoms in total. The van der Waals surface area contributed by atoms with E-state index in [0.717, 1.165) is 18.4 Å². The molecule has 2 aromatic rings. The Hall–Kier alpha value is -1.60. The summed E-state index contributed by atoms with van der Waals surface area (Å²) in [5.41, 5.74) is 1.06. The van der Waals surface area contributed by atoms with Gasteiger partial charge in [0, 0.05) is 28.7 Å². The number of sulfonamides is 1. The number of benzene rings is 2. The highest BCUT2D eigenvalue weighted by Gasteiger charge is 2.29. The van der Waals surface area contributed by atoms with Crippen molar-refractivity contribution in [3.63, 3.8) is 0 Å². The van der Waals surface area contributed by atoms with E-state index in [1.165, 1.54) is 17.0 Å². The summed E-state index contributed by atoms with van der Waals surface area (Å²) in [4.78, 5) is 14.5. The molecule has 1 unspecified atom stereocenters. The minimum atomic E-state index is -3.62. The standard InChI is InChI=1S/C19H20Cl2N2O3S/c1-12(17-9-6-14(20)11-18(17)21)23(2)19(24)13-4-3-5-16(10-13)27(25,26)22-15-7-8-15/h3-6,9-12,15,22H,7-8H2,1-2H3. The fraction of sp³-hybridized carbons (Fsp3) is 0.316. The van der Waals surface area contributed by atoms with Crippen LogP contribution in [0.5, 0.6) is 0 Å². The van der Waals surface area contributed by atoms with Crippen molar-refractivity contribution >= 4 is 39.1 Å². The van der Waals surface area contributed by atoms with E-state index in [2.05, 4.69) is 4.72 Å². The Morgan fingerprint density at radius 3 is 2.52 bits per heavy atom. The summed E-state index contributed by atoms with van der Waals surface area (Å²) in [5.74, 6) is -0.294. The third-order valence-electron chi connectivity index (χ3n) is 4.60. The summed E-state index contributed by atoms with van der Waals surface area (Å²) in [6.07, 6.45) is 1.69. The second kappa shape index (κ2) is 7.80. The highest BCUT2D eigenvalue weighted by molar-refractivity contribution is 7.89. The second-order valence-corrected chi connectivity index (χ2v) is 9.24. The van der Waals surface area contributed by atoms with Gasteiger partial charge in [-0.15, -0.1) is 0 Å². The number of hydrogen-bond donors (Lipinski definition) is 1. The fourth-order valence-electron chi connectivity index (χ4n) is 2.71. The molecule has 0 aliphatic heterocycles. The molecule has 1 amide bonds. The Kier molecular flexibility index (Phi) is 5.82. The Morgan fingerprint density at radius 1 is 1.19 bits per heavy atom. The van der Waals surface area contributed by atoms with Crippen LogP contribution in [-0.4, -0.2) is 32.3 Å². The molecule has 0 bridgehead atoms. The van der Waals surface area contributed by atoms with Gasteiger partial charge in [-0.25, -0.2) is 13.1 Å². The summed E-state index contributed by atoms with van der Waals surface area (Å²) in [6, 6.07) is 10.9. The minimum absolute atomic E-state index is 0.00380. The quantitative estimate of drug-likeness (QED) is 0.749. The maximum Gasteiger partial charge on any atom is 0.254 e. The van der Waals surface area contributed by atoms with Gasteiger partial charge in [0.1, 0.15) is 0 Å². The Morgan fingerprint density at radius 2 is 1.89 bits per heavy atom. The zero-order valence-corrected chi connectivity index (χ0v) is 17.3. The van der Waals surface area contributed by atoms with E-state index in [4.69, 9.17) is 23.2 Å². The molecule has 1 fully saturated rings. The summed E-state index contributed by atoms with van der Waals surface area (Å²) >= 11 is 12.2. The van der Waals surface area contributed by atoms with E-state index in [1.807, 2.05) is 6.92 Å². The molecular weight excluding hydrogens is 407 g/mol. The molecule has 0 radical (unpaired) electrons. The van der Waals surface area contributed by atoms with Crippen molar-refractivity contribution in [3.8, 4) is 0 Å². The first kappa shape index (κ1) is 20.1. The predicted molar refractivity (Wildman–Crippen MR) is 107 cm³/mol. The van der Waals surface area contributed by atoms with E-state index in [1.54, 1.807) is 37.4 Å². The average Bonchev–Trinajstić information content (AvgIpc) is 3.43. The second-order valence-electron chi connectivity index (χ2n) is 6.68. The Bertz CT molecular complexity index is 975. The molecule has 0 saturated heterocycles. The molecule has 27 heavy (non-hydrogen) atoms. The highest BCUT2D eigenvalue weighted by atomic mass is 35.5. The van der Waals surface area contributed by atoms with Gasteiger partial charge in [0.15, 0.2) is 0 Å². The van der Waals surface area contributed by atoms with Crippen molar-refractivity contribution in [2.45, 2.75) is 36.7 Å². The van der Waals surface area contributed by atoms with E-state index >= 15 is 0 Å². The minimum Gasteiger partial charge on any atom is -0.335 e. The first-order valence-corrected chi connectivity index (χ1v) is 10.8. The number of hydrogen-bond acceptors (Lipinski definition) is 3. The molecule has 1 aliphatic carbocycles. The molecule has 3 rings (SSSR count). The molecule has 8 heteroatoms. The third kappa shape index (κ3) is 4.63. The molecule has 2 aromatic carbocycles. The van der Waals surface area contributed by atoms with Crippen molar-refractivity contribution in [1.82, 2.24) is 9.62 Å². The number of nitrogens with zero attached hydrogens (tertiary/aromatic N) is 1. The van der Waals surface area contributed by atoms with Crippen LogP contribution in [0.3, 0.4) is 0 Å². The Labute approximate surface area is 169 Å². The molecule has 1 saturated carbocycles. The molecule has 1 atom stereocenters. The first-order valence-electron chi connectivity index (χ1n) is 8.53. The van der Waals surface area contributed by atoms with Gasteiger partial charge in [-0.1, -0.05) is 35.3 Å². The van der Waals surface area contributed by atoms with Crippen molar-refractivity contribution in [1.29, 1.82) is 0 Å². The van der Waals surface area contributed by atoms with E-state index in [9.17, 15) is 13.2 Å². The number of amides is 1. The van der Waals surface area contributed by atoms with E-state index in [-0.39, 0.29) is 22.9 Å². The summed E-state index contributed by atoms with van der Waals surface area (Å²) in [7, 11) is -1.96. The van der Waals surface area contributed by atoms with Gasteiger partial charge < -0.3 is 4.90 Å². The van der Waals surface area contributed by atoms with Crippen LogP contribution in [-0.2, 0) is 10.0 Å². The lowest BCUT2D eigenvalue weighted by Crippen LogP contribution is -2.30. The van der Waals surface area contributed by atoms with Crippen LogP contribution in [0.15, 0.2) is 47.4 Å². The predicted octanol–water partition coefficient (Wildman–Crippen LogP) is 4.27. The number of carbonyl (C=O) groups excluding carboxylic acids is 1. The maximum absolute atomic E-state index is 12.9. The van der Waals surface area contributed by atoms with Crippen LogP contribution < -0.4 is 4.72 Å². The molecule has 1 aliphatic rings. The van der Waals surface area contributed by atoms with Crippen LogP contribution in [0, 0.1) is 0 Å². The van der Waals surface area contributed by atoms with Gasteiger partial charge in [-0.3, -0.25) is 4.79 Å². The third-order valence-corrected chi connectivity index (χ3v) is 6.68. The Balaban J connectivity index is 1.83. The van der Waals surface area contributed by atoms with Gasteiger partial charge in [0.2, 0.25) is 10.0 Å². The average molecular weight is 427 g/mol. The molecule has 0 heterocycles. The van der Waals surface area contributed by atoms with E-state index in [0.29, 0.717) is 15.6 Å². The van der Waals surface area contributed by atoms with Gasteiger partial charge >= 0.3 is 0 Å². The zero-order chi connectivity index (χ0) is 19.8. The number of rotatable bonds is 6. The molecule has 0 aromatic heterocycles. The lowest BCUT2D eigenvalue weighted by molar-refractivity contribution is 0.0742. The molecule has 0 spiro atoms. The summed E-state index contributed by atoms with van der Waals surface area (Å²) < 4.78 is 27.4. The van der Waals surface area contributed by atoms with Crippen molar-refractivity contribution in [3.05, 3.63) is 63.6 Å². The highest BCUT2D eigenvalue weighted by Crippen LogP contribution is 2.30. The van der Waals surface area contributed by atoms with Crippen molar-refractivity contribution in [2.75, 3.05) is 7.05 Å². The molecule has 144 valence electrons. The summed E-state index contributed by atoms with van der Waals surface area (Å²) in [5, 5.41) is 0.991.